The molecule has 0 amide bonds. The topological polar surface area (TPSA) is 169 Å². The van der Waals surface area contributed by atoms with Gasteiger partial charge in [-0.15, -0.1) is 0 Å². The normalized spacial score (nSPS) is 9.24. The Balaban J connectivity index is -0.0000000948. The van der Waals surface area contributed by atoms with Crippen molar-refractivity contribution >= 4 is 23.7 Å². The van der Waals surface area contributed by atoms with E-state index in [-0.39, 0.29) is 24.9 Å². The van der Waals surface area contributed by atoms with Gasteiger partial charge in [-0.05, 0) is 20.3 Å². The number of carboxylic acids is 3. The van der Waals surface area contributed by atoms with Crippen LogP contribution in [-0.2, 0) is 19.2 Å². The molecule has 21 heavy (non-hydrogen) atoms. The molecule has 0 aliphatic rings. The Kier molecular flexibility index (Phi) is 26.5. The minimum Gasteiger partial charge on any atom is -0.481 e. The summed E-state index contributed by atoms with van der Waals surface area (Å²) in [6, 6.07) is 0. The first-order valence-corrected chi connectivity index (χ1v) is 5.75. The third-order valence-electron chi connectivity index (χ3n) is 0.947. The summed E-state index contributed by atoms with van der Waals surface area (Å²) in [4.78, 5) is 37.5. The van der Waals surface area contributed by atoms with Crippen LogP contribution >= 0.6 is 0 Å². The standard InChI is InChI=1S/C4H6O3.C4H10O2.2C2H4O2/c1-3(5)2-4(6)7;1-4(6)2-3-5;2*1-2(3)4/h2H2,1H3,(H,6,7);4-6H,2-3H2,1H3;2*1H3,(H,3,4). The van der Waals surface area contributed by atoms with E-state index in [0.717, 1.165) is 13.8 Å². The molecule has 0 saturated carbocycles. The molecule has 0 heterocycles. The summed E-state index contributed by atoms with van der Waals surface area (Å²) in [5, 5.41) is 39.2. The SMILES string of the molecule is CC(=O)CC(=O)O.CC(=O)O.CC(=O)O.CC(O)CCO. The van der Waals surface area contributed by atoms with Gasteiger partial charge in [0.1, 0.15) is 12.2 Å². The van der Waals surface area contributed by atoms with E-state index in [2.05, 4.69) is 0 Å². The number of hydrogen-bond acceptors (Lipinski definition) is 6. The second-order valence-corrected chi connectivity index (χ2v) is 3.67. The van der Waals surface area contributed by atoms with Crippen LogP contribution in [0.15, 0.2) is 0 Å². The summed E-state index contributed by atoms with van der Waals surface area (Å²) in [6.45, 7) is 5.14. The van der Waals surface area contributed by atoms with E-state index < -0.39 is 17.9 Å². The Labute approximate surface area is 122 Å². The van der Waals surface area contributed by atoms with Crippen molar-refractivity contribution in [2.45, 2.75) is 46.6 Å². The Bertz CT molecular complexity index is 265. The quantitative estimate of drug-likeness (QED) is 0.447. The molecule has 0 radical (unpaired) electrons. The predicted molar refractivity (Wildman–Crippen MR) is 72.9 cm³/mol. The zero-order chi connectivity index (χ0) is 18.0. The molecule has 0 aliphatic carbocycles. The van der Waals surface area contributed by atoms with Crippen LogP contribution in [0.4, 0.5) is 0 Å². The van der Waals surface area contributed by atoms with Crippen LogP contribution in [0.3, 0.4) is 0 Å². The highest BCUT2D eigenvalue weighted by atomic mass is 16.4. The van der Waals surface area contributed by atoms with Crippen molar-refractivity contribution < 1.29 is 44.7 Å². The van der Waals surface area contributed by atoms with Gasteiger partial charge < -0.3 is 25.5 Å². The molecule has 0 aliphatic heterocycles. The molecule has 1 atom stereocenters. The van der Waals surface area contributed by atoms with Crippen molar-refractivity contribution in [3.63, 3.8) is 0 Å². The van der Waals surface area contributed by atoms with Crippen LogP contribution in [0.2, 0.25) is 0 Å². The molecule has 0 aromatic rings. The molecule has 0 aromatic carbocycles. The number of aliphatic carboxylic acids is 3. The van der Waals surface area contributed by atoms with Gasteiger partial charge in [0.05, 0.1) is 6.10 Å². The van der Waals surface area contributed by atoms with Crippen molar-refractivity contribution in [1.29, 1.82) is 0 Å². The number of aliphatic hydroxyl groups excluding tert-OH is 2. The lowest BCUT2D eigenvalue weighted by Gasteiger charge is -1.95. The first-order valence-electron chi connectivity index (χ1n) is 5.75. The Hall–Kier alpha value is -2.00. The van der Waals surface area contributed by atoms with Gasteiger partial charge >= 0.3 is 5.97 Å². The van der Waals surface area contributed by atoms with Gasteiger partial charge in [-0.1, -0.05) is 0 Å². The second kappa shape index (κ2) is 20.3. The first-order chi connectivity index (χ1) is 9.36. The number of Topliss-reactive ketones (excluding diaryl/α,β-unsaturated/α-hetero) is 1. The van der Waals surface area contributed by atoms with Crippen molar-refractivity contribution in [2.75, 3.05) is 6.61 Å². The highest BCUT2D eigenvalue weighted by molar-refractivity contribution is 5.93. The largest absolute Gasteiger partial charge is 0.481 e. The number of ketones is 1. The minimum atomic E-state index is -1.06. The van der Waals surface area contributed by atoms with E-state index in [0.29, 0.717) is 6.42 Å². The maximum absolute atomic E-state index is 9.87. The van der Waals surface area contributed by atoms with E-state index >= 15 is 0 Å². The van der Waals surface area contributed by atoms with Gasteiger partial charge in [0.25, 0.3) is 11.9 Å². The average molecular weight is 312 g/mol. The summed E-state index contributed by atoms with van der Waals surface area (Å²) in [5.74, 6) is -3.04. The molecule has 9 heteroatoms. The fraction of sp³-hybridized carbons (Fsp3) is 0.667. The Morgan fingerprint density at radius 1 is 0.905 bits per heavy atom. The van der Waals surface area contributed by atoms with Gasteiger partial charge in [-0.2, -0.15) is 0 Å². The van der Waals surface area contributed by atoms with Crippen molar-refractivity contribution in [3.05, 3.63) is 0 Å². The second-order valence-electron chi connectivity index (χ2n) is 3.67. The van der Waals surface area contributed by atoms with Gasteiger partial charge in [0, 0.05) is 20.5 Å². The molecular weight excluding hydrogens is 288 g/mol. The van der Waals surface area contributed by atoms with Gasteiger partial charge in [0.2, 0.25) is 0 Å². The number of carbonyl (C=O) groups excluding carboxylic acids is 1. The van der Waals surface area contributed by atoms with Crippen molar-refractivity contribution in [1.82, 2.24) is 0 Å². The molecule has 0 aromatic heterocycles. The summed E-state index contributed by atoms with van der Waals surface area (Å²) >= 11 is 0. The summed E-state index contributed by atoms with van der Waals surface area (Å²) in [5.41, 5.74) is 0. The Morgan fingerprint density at radius 3 is 1.19 bits per heavy atom. The fourth-order valence-corrected chi connectivity index (χ4v) is 0.400. The van der Waals surface area contributed by atoms with Gasteiger partial charge in [-0.25, -0.2) is 0 Å². The van der Waals surface area contributed by atoms with Crippen LogP contribution in [0.25, 0.3) is 0 Å². The minimum absolute atomic E-state index is 0.0810. The number of aliphatic hydroxyl groups is 2. The first kappa shape index (κ1) is 27.4. The van der Waals surface area contributed by atoms with Crippen LogP contribution in [-0.4, -0.2) is 61.9 Å². The molecule has 1 unspecified atom stereocenters. The Morgan fingerprint density at radius 2 is 1.19 bits per heavy atom. The lowest BCUT2D eigenvalue weighted by atomic mass is 10.3. The van der Waals surface area contributed by atoms with E-state index in [4.69, 9.17) is 35.1 Å². The lowest BCUT2D eigenvalue weighted by molar-refractivity contribution is -0.140. The van der Waals surface area contributed by atoms with Crippen molar-refractivity contribution in [2.24, 2.45) is 0 Å². The maximum atomic E-state index is 9.87. The smallest absolute Gasteiger partial charge is 0.310 e. The fourth-order valence-electron chi connectivity index (χ4n) is 0.400. The molecular formula is C12H24O9. The predicted octanol–water partition coefficient (Wildman–Crippen LogP) is -0.0185. The monoisotopic (exact) mass is 312 g/mol. The van der Waals surface area contributed by atoms with Gasteiger partial charge in [0.15, 0.2) is 0 Å². The van der Waals surface area contributed by atoms with Crippen LogP contribution < -0.4 is 0 Å². The van der Waals surface area contributed by atoms with E-state index in [1.807, 2.05) is 0 Å². The van der Waals surface area contributed by atoms with E-state index in [1.165, 1.54) is 6.92 Å². The van der Waals surface area contributed by atoms with Crippen molar-refractivity contribution in [3.8, 4) is 0 Å². The molecule has 0 rings (SSSR count). The molecule has 126 valence electrons. The number of hydrogen-bond donors (Lipinski definition) is 5. The van der Waals surface area contributed by atoms with Crippen LogP contribution in [0.5, 0.6) is 0 Å². The molecule has 0 spiro atoms. The summed E-state index contributed by atoms with van der Waals surface area (Å²) in [6.07, 6.45) is -0.227. The van der Waals surface area contributed by atoms with Crippen LogP contribution in [0.1, 0.15) is 40.5 Å². The highest BCUT2D eigenvalue weighted by Gasteiger charge is 1.98. The molecule has 0 bridgehead atoms. The summed E-state index contributed by atoms with van der Waals surface area (Å²) in [7, 11) is 0. The summed E-state index contributed by atoms with van der Waals surface area (Å²) < 4.78 is 0. The zero-order valence-corrected chi connectivity index (χ0v) is 12.6. The third kappa shape index (κ3) is 184. The number of carbonyl (C=O) groups is 4. The van der Waals surface area contributed by atoms with Crippen LogP contribution in [0, 0.1) is 0 Å². The number of rotatable bonds is 4. The highest BCUT2D eigenvalue weighted by Crippen LogP contribution is 1.83. The molecule has 0 fully saturated rings. The van der Waals surface area contributed by atoms with E-state index in [9.17, 15) is 9.59 Å². The lowest BCUT2D eigenvalue weighted by Crippen LogP contribution is -2.00. The maximum Gasteiger partial charge on any atom is 0.310 e. The molecule has 9 nitrogen and oxygen atoms in total. The molecule has 0 saturated heterocycles. The molecule has 5 N–H and O–H groups in total. The van der Waals surface area contributed by atoms with Gasteiger partial charge in [-0.3, -0.25) is 19.2 Å². The zero-order valence-electron chi connectivity index (χ0n) is 12.6. The third-order valence-corrected chi connectivity index (χ3v) is 0.947. The average Bonchev–Trinajstić information content (AvgIpc) is 2.12. The van der Waals surface area contributed by atoms with E-state index in [1.54, 1.807) is 6.92 Å². The number of carboxylic acid groups (broad SMARTS) is 3.